The highest BCUT2D eigenvalue weighted by Crippen LogP contribution is 1.95. The number of hydrogen-bond acceptors (Lipinski definition) is 1. The molecule has 1 N–H and O–H groups in total. The van der Waals surface area contributed by atoms with Crippen molar-refractivity contribution in [2.75, 3.05) is 13.1 Å². The molecule has 0 fully saturated rings. The molecule has 1 atom stereocenters. The van der Waals surface area contributed by atoms with Gasteiger partial charge in [-0.2, -0.15) is 0 Å². The van der Waals surface area contributed by atoms with E-state index in [-0.39, 0.29) is 0 Å². The van der Waals surface area contributed by atoms with Crippen LogP contribution in [-0.2, 0) is 0 Å². The Kier molecular flexibility index (Phi) is 5.08. The maximum absolute atomic E-state index is 3.30. The van der Waals surface area contributed by atoms with Gasteiger partial charge in [0.15, 0.2) is 0 Å². The molecule has 0 aliphatic rings. The Morgan fingerprint density at radius 3 is 2.38 bits per heavy atom. The van der Waals surface area contributed by atoms with Gasteiger partial charge in [-0.05, 0) is 19.0 Å². The fourth-order valence-electron chi connectivity index (χ4n) is 0.535. The second-order valence-electron chi connectivity index (χ2n) is 2.32. The lowest BCUT2D eigenvalue weighted by Crippen LogP contribution is -2.19. The lowest BCUT2D eigenvalue weighted by Gasteiger charge is -2.06. The van der Waals surface area contributed by atoms with E-state index in [1.807, 2.05) is 0 Å². The maximum atomic E-state index is 3.30. The van der Waals surface area contributed by atoms with Crippen LogP contribution in [0.3, 0.4) is 0 Å². The van der Waals surface area contributed by atoms with Crippen molar-refractivity contribution in [3.8, 4) is 0 Å². The van der Waals surface area contributed by atoms with Crippen molar-refractivity contribution < 1.29 is 0 Å². The summed E-state index contributed by atoms with van der Waals surface area (Å²) < 4.78 is 0. The molecule has 0 spiro atoms. The highest BCUT2D eigenvalue weighted by molar-refractivity contribution is 4.51. The van der Waals surface area contributed by atoms with E-state index in [1.54, 1.807) is 0 Å². The molecule has 0 aromatic heterocycles. The van der Waals surface area contributed by atoms with E-state index in [4.69, 9.17) is 0 Å². The molecule has 1 heteroatoms. The van der Waals surface area contributed by atoms with Crippen LogP contribution in [0.1, 0.15) is 27.2 Å². The SMILES string of the molecule is CCNC[C@H](C)CC. The maximum Gasteiger partial charge on any atom is -0.00234 e. The molecule has 50 valence electrons. The molecular formula is C7H17N. The zero-order valence-corrected chi connectivity index (χ0v) is 6.20. The summed E-state index contributed by atoms with van der Waals surface area (Å²) in [6.45, 7) is 8.91. The van der Waals surface area contributed by atoms with Crippen LogP contribution in [-0.4, -0.2) is 13.1 Å². The molecule has 8 heavy (non-hydrogen) atoms. The summed E-state index contributed by atoms with van der Waals surface area (Å²) >= 11 is 0. The predicted octanol–water partition coefficient (Wildman–Crippen LogP) is 1.64. The van der Waals surface area contributed by atoms with Crippen LogP contribution in [0.25, 0.3) is 0 Å². The molecule has 0 aromatic rings. The van der Waals surface area contributed by atoms with Gasteiger partial charge in [-0.15, -0.1) is 0 Å². The van der Waals surface area contributed by atoms with E-state index in [0.717, 1.165) is 12.5 Å². The van der Waals surface area contributed by atoms with Crippen LogP contribution in [0.15, 0.2) is 0 Å². The number of hydrogen-bond donors (Lipinski definition) is 1. The lowest BCUT2D eigenvalue weighted by molar-refractivity contribution is 0.510. The highest BCUT2D eigenvalue weighted by atomic mass is 14.8. The first kappa shape index (κ1) is 7.96. The topological polar surface area (TPSA) is 12.0 Å². The molecule has 0 aliphatic carbocycles. The van der Waals surface area contributed by atoms with Gasteiger partial charge in [0, 0.05) is 0 Å². The lowest BCUT2D eigenvalue weighted by atomic mass is 10.1. The van der Waals surface area contributed by atoms with Gasteiger partial charge >= 0.3 is 0 Å². The van der Waals surface area contributed by atoms with E-state index < -0.39 is 0 Å². The van der Waals surface area contributed by atoms with Crippen LogP contribution in [0.4, 0.5) is 0 Å². The molecule has 0 saturated carbocycles. The largest absolute Gasteiger partial charge is 0.317 e. The molecule has 0 rings (SSSR count). The third-order valence-corrected chi connectivity index (χ3v) is 1.44. The Morgan fingerprint density at radius 2 is 2.00 bits per heavy atom. The zero-order chi connectivity index (χ0) is 6.41. The Hall–Kier alpha value is -0.0400. The molecule has 0 amide bonds. The number of nitrogens with one attached hydrogen (secondary N) is 1. The van der Waals surface area contributed by atoms with Crippen LogP contribution in [0.2, 0.25) is 0 Å². The van der Waals surface area contributed by atoms with E-state index >= 15 is 0 Å². The number of rotatable bonds is 4. The summed E-state index contributed by atoms with van der Waals surface area (Å²) in [5, 5.41) is 3.30. The quantitative estimate of drug-likeness (QED) is 0.587. The fourth-order valence-corrected chi connectivity index (χ4v) is 0.535. The van der Waals surface area contributed by atoms with Gasteiger partial charge in [0.2, 0.25) is 0 Å². The summed E-state index contributed by atoms with van der Waals surface area (Å²) in [4.78, 5) is 0. The van der Waals surface area contributed by atoms with Crippen molar-refractivity contribution >= 4 is 0 Å². The van der Waals surface area contributed by atoms with E-state index in [9.17, 15) is 0 Å². The Labute approximate surface area is 52.5 Å². The normalized spacial score (nSPS) is 13.9. The molecule has 0 aliphatic heterocycles. The van der Waals surface area contributed by atoms with Crippen LogP contribution >= 0.6 is 0 Å². The van der Waals surface area contributed by atoms with Crippen molar-refractivity contribution in [1.82, 2.24) is 5.32 Å². The Morgan fingerprint density at radius 1 is 1.38 bits per heavy atom. The summed E-state index contributed by atoms with van der Waals surface area (Å²) in [7, 11) is 0. The van der Waals surface area contributed by atoms with Gasteiger partial charge in [0.1, 0.15) is 0 Å². The van der Waals surface area contributed by atoms with Crippen molar-refractivity contribution in [3.63, 3.8) is 0 Å². The standard InChI is InChI=1S/C7H17N/c1-4-7(3)6-8-5-2/h7-8H,4-6H2,1-3H3/t7-/m1/s1. The van der Waals surface area contributed by atoms with Gasteiger partial charge < -0.3 is 5.32 Å². The summed E-state index contributed by atoms with van der Waals surface area (Å²) in [5.41, 5.74) is 0. The molecular weight excluding hydrogens is 98.1 g/mol. The summed E-state index contributed by atoms with van der Waals surface area (Å²) in [6, 6.07) is 0. The molecule has 0 saturated heterocycles. The van der Waals surface area contributed by atoms with E-state index in [1.165, 1.54) is 13.0 Å². The third kappa shape index (κ3) is 4.13. The second kappa shape index (κ2) is 5.10. The Bertz CT molecular complexity index is 43.7. The molecule has 1 nitrogen and oxygen atoms in total. The average molecular weight is 115 g/mol. The first-order valence-electron chi connectivity index (χ1n) is 3.52. The van der Waals surface area contributed by atoms with Gasteiger partial charge in [-0.25, -0.2) is 0 Å². The molecule has 0 unspecified atom stereocenters. The van der Waals surface area contributed by atoms with Gasteiger partial charge in [-0.3, -0.25) is 0 Å². The third-order valence-electron chi connectivity index (χ3n) is 1.44. The zero-order valence-electron chi connectivity index (χ0n) is 6.20. The Balaban J connectivity index is 2.86. The predicted molar refractivity (Wildman–Crippen MR) is 38.0 cm³/mol. The van der Waals surface area contributed by atoms with Gasteiger partial charge in [0.05, 0.1) is 0 Å². The van der Waals surface area contributed by atoms with Gasteiger partial charge in [-0.1, -0.05) is 27.2 Å². The molecule has 0 radical (unpaired) electrons. The highest BCUT2D eigenvalue weighted by Gasteiger charge is 1.93. The fraction of sp³-hybridized carbons (Fsp3) is 1.00. The summed E-state index contributed by atoms with van der Waals surface area (Å²) in [5.74, 6) is 0.843. The van der Waals surface area contributed by atoms with Crippen molar-refractivity contribution in [2.45, 2.75) is 27.2 Å². The van der Waals surface area contributed by atoms with Crippen molar-refractivity contribution in [2.24, 2.45) is 5.92 Å². The van der Waals surface area contributed by atoms with Crippen LogP contribution < -0.4 is 5.32 Å². The minimum Gasteiger partial charge on any atom is -0.317 e. The van der Waals surface area contributed by atoms with Crippen LogP contribution in [0.5, 0.6) is 0 Å². The van der Waals surface area contributed by atoms with Crippen LogP contribution in [0, 0.1) is 5.92 Å². The molecule has 0 heterocycles. The minimum atomic E-state index is 0.843. The minimum absolute atomic E-state index is 0.843. The van der Waals surface area contributed by atoms with E-state index in [2.05, 4.69) is 26.1 Å². The smallest absolute Gasteiger partial charge is 0.00234 e. The first-order valence-corrected chi connectivity index (χ1v) is 3.52. The first-order chi connectivity index (χ1) is 3.81. The monoisotopic (exact) mass is 115 g/mol. The average Bonchev–Trinajstić information content (AvgIpc) is 1.83. The van der Waals surface area contributed by atoms with E-state index in [0.29, 0.717) is 0 Å². The second-order valence-corrected chi connectivity index (χ2v) is 2.32. The molecule has 0 bridgehead atoms. The van der Waals surface area contributed by atoms with Crippen molar-refractivity contribution in [3.05, 3.63) is 0 Å². The van der Waals surface area contributed by atoms with Gasteiger partial charge in [0.25, 0.3) is 0 Å². The molecule has 0 aromatic carbocycles. The summed E-state index contributed by atoms with van der Waals surface area (Å²) in [6.07, 6.45) is 1.28. The van der Waals surface area contributed by atoms with Crippen molar-refractivity contribution in [1.29, 1.82) is 0 Å².